The molecule has 2 amide bonds. The molecule has 0 aromatic heterocycles. The van der Waals surface area contributed by atoms with E-state index in [2.05, 4.69) is 10.6 Å². The highest BCUT2D eigenvalue weighted by Gasteiger charge is 2.33. The Bertz CT molecular complexity index is 679. The van der Waals surface area contributed by atoms with Crippen LogP contribution in [0.3, 0.4) is 0 Å². The lowest BCUT2D eigenvalue weighted by molar-refractivity contribution is -0.135. The van der Waals surface area contributed by atoms with Gasteiger partial charge in [0.1, 0.15) is 5.75 Å². The minimum absolute atomic E-state index is 0.0683. The van der Waals surface area contributed by atoms with Gasteiger partial charge in [0, 0.05) is 32.4 Å². The van der Waals surface area contributed by atoms with Crippen LogP contribution in [0.15, 0.2) is 24.3 Å². The molecule has 1 atom stereocenters. The van der Waals surface area contributed by atoms with Crippen molar-refractivity contribution in [2.45, 2.75) is 57.3 Å². The zero-order valence-corrected chi connectivity index (χ0v) is 16.7. The second-order valence-electron chi connectivity index (χ2n) is 7.81. The van der Waals surface area contributed by atoms with Gasteiger partial charge in [-0.2, -0.15) is 0 Å². The van der Waals surface area contributed by atoms with E-state index in [1.54, 1.807) is 38.1 Å². The fourth-order valence-electron chi connectivity index (χ4n) is 3.37. The molecule has 0 aliphatic carbocycles. The highest BCUT2D eigenvalue weighted by atomic mass is 16.5. The summed E-state index contributed by atoms with van der Waals surface area (Å²) in [5, 5.41) is 5.93. The number of para-hydroxylation sites is 1. The van der Waals surface area contributed by atoms with Crippen LogP contribution in [-0.4, -0.2) is 55.9 Å². The molecule has 2 aliphatic heterocycles. The number of nitrogens with one attached hydrogen (secondary N) is 2. The van der Waals surface area contributed by atoms with E-state index < -0.39 is 5.60 Å². The van der Waals surface area contributed by atoms with Gasteiger partial charge in [-0.1, -0.05) is 12.1 Å². The topological polar surface area (TPSA) is 85.9 Å². The Labute approximate surface area is 166 Å². The Morgan fingerprint density at radius 1 is 1.14 bits per heavy atom. The molecular formula is C21H30N2O5. The van der Waals surface area contributed by atoms with Crippen molar-refractivity contribution in [3.05, 3.63) is 29.8 Å². The van der Waals surface area contributed by atoms with Gasteiger partial charge in [-0.3, -0.25) is 9.59 Å². The van der Waals surface area contributed by atoms with Crippen molar-refractivity contribution >= 4 is 11.8 Å². The van der Waals surface area contributed by atoms with Gasteiger partial charge < -0.3 is 24.8 Å². The van der Waals surface area contributed by atoms with Gasteiger partial charge >= 0.3 is 0 Å². The molecule has 28 heavy (non-hydrogen) atoms. The summed E-state index contributed by atoms with van der Waals surface area (Å²) in [6.07, 6.45) is 3.64. The molecule has 2 saturated heterocycles. The number of benzene rings is 1. The lowest BCUT2D eigenvalue weighted by Crippen LogP contribution is -2.51. The number of hydrogen-bond donors (Lipinski definition) is 2. The minimum Gasteiger partial charge on any atom is -0.477 e. The van der Waals surface area contributed by atoms with Crippen LogP contribution in [0.4, 0.5) is 0 Å². The Hall–Kier alpha value is -2.12. The number of ether oxygens (including phenoxy) is 3. The molecule has 2 N–H and O–H groups in total. The highest BCUT2D eigenvalue weighted by molar-refractivity contribution is 5.97. The van der Waals surface area contributed by atoms with Crippen molar-refractivity contribution in [3.8, 4) is 5.75 Å². The molecule has 0 radical (unpaired) electrons. The van der Waals surface area contributed by atoms with Gasteiger partial charge in [0.2, 0.25) is 0 Å². The number of carbonyl (C=O) groups excluding carboxylic acids is 2. The molecule has 2 fully saturated rings. The average Bonchev–Trinajstić information content (AvgIpc) is 3.20. The summed E-state index contributed by atoms with van der Waals surface area (Å²) >= 11 is 0. The lowest BCUT2D eigenvalue weighted by Gasteiger charge is -2.30. The number of carbonyl (C=O) groups is 2. The minimum atomic E-state index is -1.11. The SMILES string of the molecule is CC(C)(Oc1ccccc1C(=O)NCC1CCCO1)C(=O)NC1CCOCC1. The first-order chi connectivity index (χ1) is 13.5. The molecule has 0 spiro atoms. The Morgan fingerprint density at radius 2 is 1.89 bits per heavy atom. The van der Waals surface area contributed by atoms with Gasteiger partial charge in [-0.25, -0.2) is 0 Å². The Balaban J connectivity index is 1.62. The first-order valence-electron chi connectivity index (χ1n) is 10.0. The van der Waals surface area contributed by atoms with Crippen LogP contribution in [0, 0.1) is 0 Å². The molecule has 7 heteroatoms. The van der Waals surface area contributed by atoms with Crippen LogP contribution in [-0.2, 0) is 14.3 Å². The van der Waals surface area contributed by atoms with E-state index in [0.717, 1.165) is 32.3 Å². The average molecular weight is 390 g/mol. The summed E-state index contributed by atoms with van der Waals surface area (Å²) in [7, 11) is 0. The smallest absolute Gasteiger partial charge is 0.263 e. The van der Waals surface area contributed by atoms with Crippen molar-refractivity contribution in [1.29, 1.82) is 0 Å². The third-order valence-electron chi connectivity index (χ3n) is 5.11. The van der Waals surface area contributed by atoms with Crippen LogP contribution in [0.25, 0.3) is 0 Å². The van der Waals surface area contributed by atoms with Crippen LogP contribution >= 0.6 is 0 Å². The Kier molecular flexibility index (Phi) is 6.91. The molecule has 1 unspecified atom stereocenters. The van der Waals surface area contributed by atoms with Crippen LogP contribution < -0.4 is 15.4 Å². The summed E-state index contributed by atoms with van der Waals surface area (Å²) in [5.41, 5.74) is -0.698. The summed E-state index contributed by atoms with van der Waals surface area (Å²) in [6.45, 7) is 5.95. The molecule has 1 aromatic carbocycles. The third-order valence-corrected chi connectivity index (χ3v) is 5.11. The number of amides is 2. The predicted molar refractivity (Wildman–Crippen MR) is 104 cm³/mol. The van der Waals surface area contributed by atoms with Crippen LogP contribution in [0.5, 0.6) is 5.75 Å². The molecule has 3 rings (SSSR count). The molecule has 154 valence electrons. The fourth-order valence-corrected chi connectivity index (χ4v) is 3.37. The van der Waals surface area contributed by atoms with Gasteiger partial charge in [-0.05, 0) is 51.7 Å². The molecule has 0 bridgehead atoms. The largest absolute Gasteiger partial charge is 0.477 e. The first kappa shape index (κ1) is 20.6. The van der Waals surface area contributed by atoms with E-state index in [-0.39, 0.29) is 24.0 Å². The van der Waals surface area contributed by atoms with Crippen molar-refractivity contribution < 1.29 is 23.8 Å². The number of hydrogen-bond acceptors (Lipinski definition) is 5. The Morgan fingerprint density at radius 3 is 2.61 bits per heavy atom. The molecule has 0 saturated carbocycles. The van der Waals surface area contributed by atoms with Crippen molar-refractivity contribution in [1.82, 2.24) is 10.6 Å². The van der Waals surface area contributed by atoms with Gasteiger partial charge in [0.15, 0.2) is 5.60 Å². The van der Waals surface area contributed by atoms with Crippen molar-refractivity contribution in [2.75, 3.05) is 26.4 Å². The van der Waals surface area contributed by atoms with Crippen molar-refractivity contribution in [2.24, 2.45) is 0 Å². The monoisotopic (exact) mass is 390 g/mol. The quantitative estimate of drug-likeness (QED) is 0.744. The molecule has 1 aromatic rings. The van der Waals surface area contributed by atoms with Gasteiger partial charge in [-0.15, -0.1) is 0 Å². The molecule has 2 heterocycles. The van der Waals surface area contributed by atoms with E-state index in [4.69, 9.17) is 14.2 Å². The third kappa shape index (κ3) is 5.45. The maximum Gasteiger partial charge on any atom is 0.263 e. The summed E-state index contributed by atoms with van der Waals surface area (Å²) in [4.78, 5) is 25.4. The maximum absolute atomic E-state index is 12.7. The second-order valence-corrected chi connectivity index (χ2v) is 7.81. The molecule has 2 aliphatic rings. The van der Waals surface area contributed by atoms with E-state index in [1.807, 2.05) is 0 Å². The second kappa shape index (κ2) is 9.39. The summed E-state index contributed by atoms with van der Waals surface area (Å²) < 4.78 is 16.9. The van der Waals surface area contributed by atoms with Gasteiger partial charge in [0.25, 0.3) is 11.8 Å². The zero-order chi connectivity index (χ0) is 20.0. The predicted octanol–water partition coefficient (Wildman–Crippen LogP) is 2.05. The van der Waals surface area contributed by atoms with E-state index in [9.17, 15) is 9.59 Å². The normalized spacial score (nSPS) is 20.6. The standard InChI is InChI=1S/C21H30N2O5/c1-21(2,20(25)23-15-9-12-26-13-10-15)28-18-8-4-3-7-17(18)19(24)22-14-16-6-5-11-27-16/h3-4,7-8,15-16H,5-6,9-14H2,1-2H3,(H,22,24)(H,23,25). The number of rotatable bonds is 7. The lowest BCUT2D eigenvalue weighted by atomic mass is 10.0. The first-order valence-corrected chi connectivity index (χ1v) is 10.0. The highest BCUT2D eigenvalue weighted by Crippen LogP contribution is 2.24. The fraction of sp³-hybridized carbons (Fsp3) is 0.619. The summed E-state index contributed by atoms with van der Waals surface area (Å²) in [5.74, 6) is -0.0415. The zero-order valence-electron chi connectivity index (χ0n) is 16.7. The molecule has 7 nitrogen and oxygen atoms in total. The van der Waals surface area contributed by atoms with Crippen molar-refractivity contribution in [3.63, 3.8) is 0 Å². The van der Waals surface area contributed by atoms with E-state index in [0.29, 0.717) is 31.1 Å². The van der Waals surface area contributed by atoms with Crippen LogP contribution in [0.2, 0.25) is 0 Å². The summed E-state index contributed by atoms with van der Waals surface area (Å²) in [6, 6.07) is 7.08. The maximum atomic E-state index is 12.7. The van der Waals surface area contributed by atoms with E-state index >= 15 is 0 Å². The molecular weight excluding hydrogens is 360 g/mol. The van der Waals surface area contributed by atoms with E-state index in [1.165, 1.54) is 0 Å². The van der Waals surface area contributed by atoms with Gasteiger partial charge in [0.05, 0.1) is 11.7 Å². The van der Waals surface area contributed by atoms with Crippen LogP contribution in [0.1, 0.15) is 49.9 Å².